The molecule has 0 bridgehead atoms. The van der Waals surface area contributed by atoms with Gasteiger partial charge in [-0.1, -0.05) is 6.07 Å². The highest BCUT2D eigenvalue weighted by atomic mass is 16.5. The molecule has 2 aromatic rings. The van der Waals surface area contributed by atoms with E-state index < -0.39 is 5.91 Å². The van der Waals surface area contributed by atoms with Gasteiger partial charge in [0.05, 0.1) is 17.9 Å². The molecule has 26 heavy (non-hydrogen) atoms. The smallest absolute Gasteiger partial charge is 0.283 e. The van der Waals surface area contributed by atoms with E-state index in [0.717, 1.165) is 5.01 Å². The van der Waals surface area contributed by atoms with Crippen LogP contribution in [0.25, 0.3) is 6.08 Å². The fraction of sp³-hybridized carbons (Fsp3) is 0.222. The molecular formula is C18H18N4O4. The van der Waals surface area contributed by atoms with Crippen LogP contribution in [0.3, 0.4) is 0 Å². The number of hydrogen-bond donors (Lipinski definition) is 2. The monoisotopic (exact) mass is 354 g/mol. The first-order valence-electron chi connectivity index (χ1n) is 8.04. The third-order valence-electron chi connectivity index (χ3n) is 3.72. The van der Waals surface area contributed by atoms with Crippen molar-refractivity contribution in [2.24, 2.45) is 5.10 Å². The highest BCUT2D eigenvalue weighted by Gasteiger charge is 2.30. The van der Waals surface area contributed by atoms with Crippen LogP contribution in [0.5, 0.6) is 11.5 Å². The number of carbonyl (C=O) groups excluding carboxylic acids is 1. The van der Waals surface area contributed by atoms with Gasteiger partial charge >= 0.3 is 0 Å². The summed E-state index contributed by atoms with van der Waals surface area (Å²) >= 11 is 0. The predicted molar refractivity (Wildman–Crippen MR) is 97.4 cm³/mol. The van der Waals surface area contributed by atoms with Crippen LogP contribution < -0.4 is 15.3 Å². The predicted octanol–water partition coefficient (Wildman–Crippen LogP) is 1.99. The number of aromatic hydroxyl groups is 1. The Kier molecular flexibility index (Phi) is 4.57. The summed E-state index contributed by atoms with van der Waals surface area (Å²) in [4.78, 5) is 31.0. The van der Waals surface area contributed by atoms with E-state index in [1.165, 1.54) is 12.1 Å². The fourth-order valence-corrected chi connectivity index (χ4v) is 2.55. The first-order valence-corrected chi connectivity index (χ1v) is 8.04. The number of anilines is 1. The van der Waals surface area contributed by atoms with Gasteiger partial charge in [0.25, 0.3) is 11.5 Å². The van der Waals surface area contributed by atoms with Crippen molar-refractivity contribution in [2.75, 3.05) is 11.6 Å². The van der Waals surface area contributed by atoms with Gasteiger partial charge in [-0.05, 0) is 44.5 Å². The number of carbonyl (C=O) groups is 1. The van der Waals surface area contributed by atoms with E-state index in [1.807, 2.05) is 6.92 Å². The second-order valence-electron chi connectivity index (χ2n) is 5.73. The lowest BCUT2D eigenvalue weighted by Crippen LogP contribution is -2.26. The van der Waals surface area contributed by atoms with Gasteiger partial charge in [-0.2, -0.15) is 10.1 Å². The molecule has 0 atom stereocenters. The van der Waals surface area contributed by atoms with E-state index in [9.17, 15) is 14.7 Å². The fourth-order valence-electron chi connectivity index (χ4n) is 2.55. The maximum atomic E-state index is 12.7. The van der Waals surface area contributed by atoms with Gasteiger partial charge in [0.1, 0.15) is 0 Å². The number of ether oxygens (including phenoxy) is 1. The molecule has 1 amide bonds. The largest absolute Gasteiger partial charge is 0.504 e. The molecule has 1 aliphatic rings. The van der Waals surface area contributed by atoms with Crippen LogP contribution in [0.15, 0.2) is 39.7 Å². The SMILES string of the molecule is CCOc1cc(/C=C2/C(=O)N(c3nc(C)cc(=O)[nH]3)N=C2C)ccc1O. The van der Waals surface area contributed by atoms with Gasteiger partial charge in [0.15, 0.2) is 11.5 Å². The molecule has 2 heterocycles. The number of hydrogen-bond acceptors (Lipinski definition) is 6. The average molecular weight is 354 g/mol. The molecule has 0 radical (unpaired) electrons. The Morgan fingerprint density at radius 2 is 2.04 bits per heavy atom. The molecule has 1 aromatic carbocycles. The Balaban J connectivity index is 1.96. The third kappa shape index (κ3) is 3.34. The molecule has 0 aliphatic carbocycles. The molecule has 0 fully saturated rings. The maximum absolute atomic E-state index is 12.7. The molecule has 8 heteroatoms. The standard InChI is InChI=1S/C18H18N4O4/c1-4-26-15-9-12(5-6-14(15)23)8-13-11(3)21-22(17(13)25)18-19-10(2)7-16(24)20-18/h5-9,23H,4H2,1-3H3,(H,19,20,24)/b13-8+. The molecule has 134 valence electrons. The molecule has 0 spiro atoms. The van der Waals surface area contributed by atoms with Gasteiger partial charge in [-0.15, -0.1) is 0 Å². The Labute approximate surface area is 149 Å². The lowest BCUT2D eigenvalue weighted by atomic mass is 10.1. The lowest BCUT2D eigenvalue weighted by Gasteiger charge is -2.10. The van der Waals surface area contributed by atoms with Crippen molar-refractivity contribution in [1.29, 1.82) is 0 Å². The van der Waals surface area contributed by atoms with Crippen molar-refractivity contribution in [3.05, 3.63) is 51.4 Å². The zero-order valence-corrected chi connectivity index (χ0v) is 14.6. The highest BCUT2D eigenvalue weighted by Crippen LogP contribution is 2.29. The van der Waals surface area contributed by atoms with Crippen LogP contribution in [-0.2, 0) is 4.79 Å². The van der Waals surface area contributed by atoms with Crippen molar-refractivity contribution in [2.45, 2.75) is 20.8 Å². The Hall–Kier alpha value is -3.42. The summed E-state index contributed by atoms with van der Waals surface area (Å²) in [6, 6.07) is 6.15. The minimum Gasteiger partial charge on any atom is -0.504 e. The van der Waals surface area contributed by atoms with E-state index in [0.29, 0.717) is 34.9 Å². The molecule has 0 unspecified atom stereocenters. The minimum atomic E-state index is -0.401. The van der Waals surface area contributed by atoms with Gasteiger partial charge in [0.2, 0.25) is 5.95 Å². The second-order valence-corrected chi connectivity index (χ2v) is 5.73. The summed E-state index contributed by atoms with van der Waals surface area (Å²) < 4.78 is 5.36. The van der Waals surface area contributed by atoms with E-state index in [4.69, 9.17) is 4.74 Å². The number of benzene rings is 1. The summed E-state index contributed by atoms with van der Waals surface area (Å²) in [6.07, 6.45) is 1.65. The number of nitrogens with zero attached hydrogens (tertiary/aromatic N) is 3. The van der Waals surface area contributed by atoms with Crippen LogP contribution in [0.1, 0.15) is 25.1 Å². The second kappa shape index (κ2) is 6.83. The van der Waals surface area contributed by atoms with E-state index in [2.05, 4.69) is 15.1 Å². The Morgan fingerprint density at radius 1 is 1.27 bits per heavy atom. The van der Waals surface area contributed by atoms with Crippen molar-refractivity contribution in [3.63, 3.8) is 0 Å². The van der Waals surface area contributed by atoms with Crippen molar-refractivity contribution in [1.82, 2.24) is 9.97 Å². The topological polar surface area (TPSA) is 108 Å². The van der Waals surface area contributed by atoms with E-state index >= 15 is 0 Å². The summed E-state index contributed by atoms with van der Waals surface area (Å²) in [5.74, 6) is 0.0365. The van der Waals surface area contributed by atoms with Crippen LogP contribution in [0.2, 0.25) is 0 Å². The summed E-state index contributed by atoms with van der Waals surface area (Å²) in [7, 11) is 0. The molecule has 0 saturated carbocycles. The number of rotatable bonds is 4. The van der Waals surface area contributed by atoms with Gasteiger partial charge in [-0.25, -0.2) is 4.98 Å². The third-order valence-corrected chi connectivity index (χ3v) is 3.72. The lowest BCUT2D eigenvalue weighted by molar-refractivity contribution is -0.114. The zero-order chi connectivity index (χ0) is 18.8. The van der Waals surface area contributed by atoms with Crippen molar-refractivity contribution >= 4 is 23.6 Å². The van der Waals surface area contributed by atoms with Crippen LogP contribution in [-0.4, -0.2) is 33.3 Å². The number of hydrazone groups is 1. The number of phenols is 1. The Morgan fingerprint density at radius 3 is 2.73 bits per heavy atom. The normalized spacial score (nSPS) is 15.5. The zero-order valence-electron chi connectivity index (χ0n) is 14.6. The number of aromatic nitrogens is 2. The highest BCUT2D eigenvalue weighted by molar-refractivity contribution is 6.31. The quantitative estimate of drug-likeness (QED) is 0.817. The number of aromatic amines is 1. The summed E-state index contributed by atoms with van der Waals surface area (Å²) in [5.41, 5.74) is 1.66. The molecule has 2 N–H and O–H groups in total. The molecular weight excluding hydrogens is 336 g/mol. The molecule has 8 nitrogen and oxygen atoms in total. The van der Waals surface area contributed by atoms with Gasteiger partial charge in [0, 0.05) is 11.8 Å². The Bertz CT molecular complexity index is 991. The maximum Gasteiger partial charge on any atom is 0.283 e. The first-order chi connectivity index (χ1) is 12.4. The number of nitrogens with one attached hydrogen (secondary N) is 1. The number of amides is 1. The van der Waals surface area contributed by atoms with Gasteiger partial charge in [-0.3, -0.25) is 14.6 Å². The number of H-pyrrole nitrogens is 1. The van der Waals surface area contributed by atoms with Crippen molar-refractivity contribution < 1.29 is 14.6 Å². The van der Waals surface area contributed by atoms with E-state index in [-0.39, 0.29) is 17.3 Å². The molecule has 0 saturated heterocycles. The first kappa shape index (κ1) is 17.4. The van der Waals surface area contributed by atoms with Crippen molar-refractivity contribution in [3.8, 4) is 11.5 Å². The molecule has 1 aromatic heterocycles. The van der Waals surface area contributed by atoms with Crippen LogP contribution >= 0.6 is 0 Å². The summed E-state index contributed by atoms with van der Waals surface area (Å²) in [6.45, 7) is 5.59. The van der Waals surface area contributed by atoms with Gasteiger partial charge < -0.3 is 9.84 Å². The summed E-state index contributed by atoms with van der Waals surface area (Å²) in [5, 5.41) is 15.1. The number of aryl methyl sites for hydroxylation is 1. The van der Waals surface area contributed by atoms with E-state index in [1.54, 1.807) is 32.1 Å². The van der Waals surface area contributed by atoms with Crippen LogP contribution in [0.4, 0.5) is 5.95 Å². The number of phenolic OH excluding ortho intramolecular Hbond substituents is 1. The average Bonchev–Trinajstić information content (AvgIpc) is 2.85. The van der Waals surface area contributed by atoms with Crippen LogP contribution in [0, 0.1) is 6.92 Å². The molecule has 3 rings (SSSR count). The minimum absolute atomic E-state index is 0.0281. The molecule has 1 aliphatic heterocycles.